The summed E-state index contributed by atoms with van der Waals surface area (Å²) >= 11 is 9.66. The molecule has 0 spiro atoms. The van der Waals surface area contributed by atoms with E-state index in [0.29, 0.717) is 33.1 Å². The van der Waals surface area contributed by atoms with Crippen molar-refractivity contribution in [3.8, 4) is 0 Å². The van der Waals surface area contributed by atoms with Crippen LogP contribution in [0.4, 0.5) is 0 Å². The van der Waals surface area contributed by atoms with E-state index in [1.54, 1.807) is 24.3 Å². The molecule has 3 heterocycles. The van der Waals surface area contributed by atoms with E-state index in [2.05, 4.69) is 20.9 Å². The van der Waals surface area contributed by atoms with E-state index in [0.717, 1.165) is 16.7 Å². The van der Waals surface area contributed by atoms with E-state index in [1.165, 1.54) is 5.01 Å². The quantitative estimate of drug-likeness (QED) is 0.315. The van der Waals surface area contributed by atoms with Gasteiger partial charge in [-0.25, -0.2) is 10.0 Å². The maximum atomic E-state index is 13.6. The normalized spacial score (nSPS) is 20.7. The van der Waals surface area contributed by atoms with Crippen LogP contribution in [0.2, 0.25) is 0 Å². The van der Waals surface area contributed by atoms with Crippen LogP contribution in [0, 0.1) is 5.92 Å². The molecule has 2 aromatic carbocycles. The molecule has 2 aliphatic heterocycles. The fourth-order valence-corrected chi connectivity index (χ4v) is 5.42. The number of rotatable bonds is 5. The minimum absolute atomic E-state index is 0.143. The van der Waals surface area contributed by atoms with E-state index in [9.17, 15) is 9.59 Å². The Morgan fingerprint density at radius 3 is 2.49 bits per heavy atom. The van der Waals surface area contributed by atoms with Gasteiger partial charge in [0.05, 0.1) is 23.0 Å². The van der Waals surface area contributed by atoms with Crippen LogP contribution in [-0.2, 0) is 4.79 Å². The number of benzene rings is 2. The molecule has 1 aromatic heterocycles. The topological polar surface area (TPSA) is 75.2 Å². The average molecular weight is 599 g/mol. The van der Waals surface area contributed by atoms with Gasteiger partial charge in [0.15, 0.2) is 10.4 Å². The van der Waals surface area contributed by atoms with E-state index in [1.807, 2.05) is 78.9 Å². The summed E-state index contributed by atoms with van der Waals surface area (Å²) in [5, 5.41) is 6.68. The number of aliphatic imine (C=N–C) groups is 1. The van der Waals surface area contributed by atoms with E-state index >= 15 is 0 Å². The fourth-order valence-electron chi connectivity index (χ4n) is 4.93. The van der Waals surface area contributed by atoms with Crippen molar-refractivity contribution in [1.82, 2.24) is 5.01 Å². The summed E-state index contributed by atoms with van der Waals surface area (Å²) in [6, 6.07) is 22.3. The number of halogens is 2. The van der Waals surface area contributed by atoms with Gasteiger partial charge in [0.1, 0.15) is 0 Å². The lowest BCUT2D eigenvalue weighted by Crippen LogP contribution is -2.31. The van der Waals surface area contributed by atoms with Gasteiger partial charge in [0.25, 0.3) is 5.91 Å². The van der Waals surface area contributed by atoms with Gasteiger partial charge in [0.2, 0.25) is 0 Å². The first-order valence-corrected chi connectivity index (χ1v) is 13.5. The van der Waals surface area contributed by atoms with Crippen molar-refractivity contribution in [3.63, 3.8) is 0 Å². The third-order valence-electron chi connectivity index (χ3n) is 6.70. The van der Waals surface area contributed by atoms with Gasteiger partial charge in [-0.3, -0.25) is 9.59 Å². The first-order valence-electron chi connectivity index (χ1n) is 12.4. The molecule has 2 amide bonds. The third-order valence-corrected chi connectivity index (χ3v) is 7.38. The van der Waals surface area contributed by atoms with Gasteiger partial charge in [-0.2, -0.15) is 5.10 Å². The van der Waals surface area contributed by atoms with Gasteiger partial charge in [-0.1, -0.05) is 90.5 Å². The molecule has 0 saturated carbocycles. The molecule has 3 aliphatic rings. The molecule has 3 aromatic rings. The second-order valence-electron chi connectivity index (χ2n) is 9.20. The highest BCUT2D eigenvalue weighted by Crippen LogP contribution is 2.39. The van der Waals surface area contributed by atoms with E-state index in [4.69, 9.17) is 21.1 Å². The standard InChI is InChI=1S/C31H21BrClN3O3/c32-27-16-15-26(39-27)31(38)36-22(13-11-19-7-3-1-4-8-19)18-25(35-36)29-28(20-9-5-2-6-10-20)23-17-21(33)12-14-24(23)34-30(29)37/h1-17,22-23H,18H2/b13-11+. The summed E-state index contributed by atoms with van der Waals surface area (Å²) in [6.45, 7) is 0. The molecule has 39 heavy (non-hydrogen) atoms. The Hall–Kier alpha value is -4.07. The summed E-state index contributed by atoms with van der Waals surface area (Å²) in [7, 11) is 0. The zero-order valence-electron chi connectivity index (χ0n) is 20.5. The first kappa shape index (κ1) is 25.2. The molecule has 8 heteroatoms. The van der Waals surface area contributed by atoms with Crippen molar-refractivity contribution < 1.29 is 14.0 Å². The Kier molecular flexibility index (Phi) is 6.85. The third kappa shape index (κ3) is 5.03. The number of carbonyl (C=O) groups is 2. The Morgan fingerprint density at radius 2 is 1.77 bits per heavy atom. The molecule has 1 aliphatic carbocycles. The Labute approximate surface area is 238 Å². The summed E-state index contributed by atoms with van der Waals surface area (Å²) < 4.78 is 5.99. The highest BCUT2D eigenvalue weighted by Gasteiger charge is 2.39. The maximum Gasteiger partial charge on any atom is 0.310 e. The summed E-state index contributed by atoms with van der Waals surface area (Å²) in [5.41, 5.74) is 4.13. The molecule has 0 bridgehead atoms. The van der Waals surface area contributed by atoms with Crippen molar-refractivity contribution in [1.29, 1.82) is 0 Å². The molecule has 6 nitrogen and oxygen atoms in total. The monoisotopic (exact) mass is 597 g/mol. The number of hydrogen-bond donors (Lipinski definition) is 0. The van der Waals surface area contributed by atoms with Crippen LogP contribution in [0.3, 0.4) is 0 Å². The van der Waals surface area contributed by atoms with Crippen LogP contribution in [0.1, 0.15) is 28.1 Å². The largest absolute Gasteiger partial charge is 0.444 e. The second-order valence-corrected chi connectivity index (χ2v) is 10.4. The summed E-state index contributed by atoms with van der Waals surface area (Å²) in [5.74, 6) is -0.971. The van der Waals surface area contributed by atoms with Crippen LogP contribution < -0.4 is 0 Å². The van der Waals surface area contributed by atoms with Gasteiger partial charge in [-0.05, 0) is 56.9 Å². The highest BCUT2D eigenvalue weighted by atomic mass is 79.9. The van der Waals surface area contributed by atoms with Crippen molar-refractivity contribution >= 4 is 62.4 Å². The molecular formula is C31H21BrClN3O3. The lowest BCUT2D eigenvalue weighted by molar-refractivity contribution is -0.113. The molecule has 0 fully saturated rings. The van der Waals surface area contributed by atoms with Crippen LogP contribution in [0.15, 0.2) is 127 Å². The lowest BCUT2D eigenvalue weighted by atomic mass is 9.79. The van der Waals surface area contributed by atoms with Crippen molar-refractivity contribution in [3.05, 3.63) is 129 Å². The van der Waals surface area contributed by atoms with Gasteiger partial charge in [0, 0.05) is 17.4 Å². The molecule has 2 atom stereocenters. The maximum absolute atomic E-state index is 13.6. The van der Waals surface area contributed by atoms with Gasteiger partial charge < -0.3 is 4.42 Å². The number of dihydropyridines is 1. The van der Waals surface area contributed by atoms with E-state index < -0.39 is 17.9 Å². The molecule has 192 valence electrons. The Balaban J connectivity index is 1.47. The van der Waals surface area contributed by atoms with Crippen LogP contribution >= 0.6 is 27.5 Å². The second kappa shape index (κ2) is 10.6. The number of hydrogen-bond acceptors (Lipinski definition) is 4. The van der Waals surface area contributed by atoms with Crippen molar-refractivity contribution in [2.45, 2.75) is 12.5 Å². The van der Waals surface area contributed by atoms with E-state index in [-0.39, 0.29) is 11.7 Å². The summed E-state index contributed by atoms with van der Waals surface area (Å²) in [4.78, 5) is 31.5. The average Bonchev–Trinajstić information content (AvgIpc) is 3.58. The predicted molar refractivity (Wildman–Crippen MR) is 156 cm³/mol. The van der Waals surface area contributed by atoms with Crippen LogP contribution in [0.25, 0.3) is 11.6 Å². The minimum atomic E-state index is -0.440. The molecule has 2 unspecified atom stereocenters. The number of fused-ring (bicyclic) bond motifs is 1. The van der Waals surface area contributed by atoms with Gasteiger partial charge >= 0.3 is 5.91 Å². The fraction of sp³-hybridized carbons (Fsp3) is 0.0968. The van der Waals surface area contributed by atoms with Crippen LogP contribution in [-0.4, -0.2) is 34.3 Å². The number of amides is 2. The van der Waals surface area contributed by atoms with Crippen LogP contribution in [0.5, 0.6) is 0 Å². The molecule has 0 radical (unpaired) electrons. The zero-order valence-corrected chi connectivity index (χ0v) is 22.8. The number of nitrogens with zero attached hydrogens (tertiary/aromatic N) is 3. The lowest BCUT2D eigenvalue weighted by Gasteiger charge is -2.27. The predicted octanol–water partition coefficient (Wildman–Crippen LogP) is 7.07. The molecular weight excluding hydrogens is 578 g/mol. The Bertz CT molecular complexity index is 1650. The minimum Gasteiger partial charge on any atom is -0.444 e. The smallest absolute Gasteiger partial charge is 0.310 e. The SMILES string of the molecule is O=C1N=C2C=CC(Cl)=CC2C(c2ccccc2)=C1C1=NN(C(=O)c2ccc(Br)o2)C(/C=C/c2ccccc2)C1. The Morgan fingerprint density at radius 1 is 1.03 bits per heavy atom. The number of allylic oxidation sites excluding steroid dienone is 5. The summed E-state index contributed by atoms with van der Waals surface area (Å²) in [6.07, 6.45) is 9.60. The zero-order chi connectivity index (χ0) is 26.9. The van der Waals surface area contributed by atoms with Gasteiger partial charge in [-0.15, -0.1) is 0 Å². The molecule has 6 rings (SSSR count). The number of furan rings is 1. The van der Waals surface area contributed by atoms with Crippen molar-refractivity contribution in [2.24, 2.45) is 16.0 Å². The van der Waals surface area contributed by atoms with Crippen molar-refractivity contribution in [2.75, 3.05) is 0 Å². The first-order chi connectivity index (χ1) is 19.0. The number of carbonyl (C=O) groups excluding carboxylic acids is 2. The molecule has 0 N–H and O–H groups in total. The highest BCUT2D eigenvalue weighted by molar-refractivity contribution is 9.10. The number of hydrazone groups is 1. The molecule has 0 saturated heterocycles.